The molecule has 3 rings (SSSR count). The lowest BCUT2D eigenvalue weighted by Gasteiger charge is -2.10. The summed E-state index contributed by atoms with van der Waals surface area (Å²) in [6.07, 6.45) is 2.12. The van der Waals surface area contributed by atoms with Gasteiger partial charge in [0.25, 0.3) is 0 Å². The molecule has 8 nitrogen and oxygen atoms in total. The third kappa shape index (κ3) is 3.94. The molecule has 0 radical (unpaired) electrons. The van der Waals surface area contributed by atoms with E-state index >= 15 is 0 Å². The Morgan fingerprint density at radius 3 is 2.50 bits per heavy atom. The summed E-state index contributed by atoms with van der Waals surface area (Å²) >= 11 is 3.57. The molecule has 28 heavy (non-hydrogen) atoms. The van der Waals surface area contributed by atoms with Crippen LogP contribution >= 0.6 is 15.9 Å². The predicted octanol–water partition coefficient (Wildman–Crippen LogP) is 3.64. The van der Waals surface area contributed by atoms with Crippen LogP contribution in [0.5, 0.6) is 5.75 Å². The van der Waals surface area contributed by atoms with Crippen molar-refractivity contribution in [2.24, 2.45) is 0 Å². The number of nitrogens with two attached hydrogens (primary N) is 2. The van der Waals surface area contributed by atoms with E-state index in [1.165, 1.54) is 0 Å². The minimum atomic E-state index is 0.0315. The van der Waals surface area contributed by atoms with Crippen LogP contribution in [-0.2, 0) is 13.2 Å². The van der Waals surface area contributed by atoms with E-state index in [0.717, 1.165) is 46.0 Å². The molecule has 0 fully saturated rings. The van der Waals surface area contributed by atoms with Gasteiger partial charge in [0.05, 0.1) is 9.99 Å². The van der Waals surface area contributed by atoms with E-state index in [1.807, 2.05) is 19.1 Å². The number of aryl methyl sites for hydroxylation is 1. The Morgan fingerprint density at radius 2 is 1.89 bits per heavy atom. The maximum Gasteiger partial charge on any atom is 0.225 e. The molecular weight excluding hydrogens is 424 g/mol. The monoisotopic (exact) mass is 446 g/mol. The van der Waals surface area contributed by atoms with E-state index in [-0.39, 0.29) is 24.3 Å². The highest BCUT2D eigenvalue weighted by Gasteiger charge is 2.19. The van der Waals surface area contributed by atoms with Gasteiger partial charge in [-0.15, -0.1) is 0 Å². The molecule has 2 heterocycles. The molecule has 0 bridgehead atoms. The van der Waals surface area contributed by atoms with E-state index in [2.05, 4.69) is 42.4 Å². The number of hydrogen-bond donors (Lipinski definition) is 2. The van der Waals surface area contributed by atoms with Crippen molar-refractivity contribution in [2.75, 3.05) is 11.5 Å². The molecule has 0 amide bonds. The minimum absolute atomic E-state index is 0.0315. The Balaban J connectivity index is 2.01. The zero-order valence-electron chi connectivity index (χ0n) is 16.1. The first-order valence-corrected chi connectivity index (χ1v) is 9.83. The molecule has 0 unspecified atom stereocenters. The predicted molar refractivity (Wildman–Crippen MR) is 112 cm³/mol. The van der Waals surface area contributed by atoms with E-state index in [1.54, 1.807) is 6.92 Å². The van der Waals surface area contributed by atoms with Gasteiger partial charge in [0, 0.05) is 23.2 Å². The number of fused-ring (bicyclic) bond motifs is 1. The molecule has 3 aromatic rings. The third-order valence-corrected chi connectivity index (χ3v) is 5.16. The summed E-state index contributed by atoms with van der Waals surface area (Å²) in [5.74, 6) is 1.04. The van der Waals surface area contributed by atoms with Crippen molar-refractivity contribution in [3.05, 3.63) is 33.7 Å². The highest BCUT2D eigenvalue weighted by molar-refractivity contribution is 9.10. The summed E-state index contributed by atoms with van der Waals surface area (Å²) in [5, 5.41) is 0.869. The molecule has 4 N–H and O–H groups in total. The van der Waals surface area contributed by atoms with Gasteiger partial charge in [-0.3, -0.25) is 4.79 Å². The van der Waals surface area contributed by atoms with Gasteiger partial charge >= 0.3 is 0 Å². The Morgan fingerprint density at radius 1 is 1.21 bits per heavy atom. The van der Waals surface area contributed by atoms with E-state index in [9.17, 15) is 4.79 Å². The number of anilines is 2. The number of unbranched alkanes of at least 4 members (excludes halogenated alkanes) is 1. The van der Waals surface area contributed by atoms with E-state index < -0.39 is 0 Å². The maximum absolute atomic E-state index is 12.3. The fourth-order valence-corrected chi connectivity index (χ4v) is 3.75. The van der Waals surface area contributed by atoms with Crippen LogP contribution in [-0.4, -0.2) is 25.3 Å². The molecule has 0 saturated carbocycles. The number of carbonyl (C=O) groups is 1. The Kier molecular flexibility index (Phi) is 5.83. The van der Waals surface area contributed by atoms with Crippen LogP contribution in [0.15, 0.2) is 16.6 Å². The Labute approximate surface area is 171 Å². The molecule has 2 aromatic heterocycles. The van der Waals surface area contributed by atoms with Crippen LogP contribution in [0.25, 0.3) is 10.9 Å². The standard InChI is InChI=1S/C19H23BrN6O2/c1-4-5-6-26-10(2)17(11(3)27)12-7-15(13(20)8-14(12)26)28-9-16-23-18(21)25-19(22)24-16/h7-8H,4-6,9H2,1-3H3,(H4,21,22,23,24,25). The van der Waals surface area contributed by atoms with Crippen molar-refractivity contribution in [1.82, 2.24) is 19.5 Å². The van der Waals surface area contributed by atoms with E-state index in [0.29, 0.717) is 11.6 Å². The first-order valence-electron chi connectivity index (χ1n) is 9.03. The lowest BCUT2D eigenvalue weighted by molar-refractivity contribution is 0.101. The molecule has 0 saturated heterocycles. The second kappa shape index (κ2) is 8.14. The van der Waals surface area contributed by atoms with Crippen molar-refractivity contribution < 1.29 is 9.53 Å². The Hall–Kier alpha value is -2.68. The topological polar surface area (TPSA) is 122 Å². The summed E-state index contributed by atoms with van der Waals surface area (Å²) in [6, 6.07) is 3.86. The smallest absolute Gasteiger partial charge is 0.225 e. The zero-order chi connectivity index (χ0) is 20.4. The molecule has 0 aliphatic carbocycles. The van der Waals surface area contributed by atoms with Crippen LogP contribution < -0.4 is 16.2 Å². The second-order valence-corrected chi connectivity index (χ2v) is 7.43. The molecular formula is C19H23BrN6O2. The SMILES string of the molecule is CCCCn1c(C)c(C(C)=O)c2cc(OCc3nc(N)nc(N)n3)c(Br)cc21. The van der Waals surface area contributed by atoms with Crippen LogP contribution in [0.1, 0.15) is 48.6 Å². The number of nitrogen functional groups attached to an aromatic ring is 2. The van der Waals surface area contributed by atoms with Crippen molar-refractivity contribution in [3.8, 4) is 5.75 Å². The third-order valence-electron chi connectivity index (χ3n) is 4.54. The summed E-state index contributed by atoms with van der Waals surface area (Å²) in [5.41, 5.74) is 13.9. The second-order valence-electron chi connectivity index (χ2n) is 6.58. The van der Waals surface area contributed by atoms with Crippen LogP contribution in [0, 0.1) is 6.92 Å². The van der Waals surface area contributed by atoms with Gasteiger partial charge in [-0.25, -0.2) is 0 Å². The molecule has 0 aliphatic heterocycles. The first kappa shape index (κ1) is 20.1. The van der Waals surface area contributed by atoms with Gasteiger partial charge in [-0.05, 0) is 48.3 Å². The molecule has 9 heteroatoms. The first-order chi connectivity index (χ1) is 13.3. The number of benzene rings is 1. The van der Waals surface area contributed by atoms with Crippen LogP contribution in [0.2, 0.25) is 0 Å². The largest absolute Gasteiger partial charge is 0.484 e. The highest BCUT2D eigenvalue weighted by atomic mass is 79.9. The fourth-order valence-electron chi connectivity index (χ4n) is 3.30. The van der Waals surface area contributed by atoms with Crippen molar-refractivity contribution in [3.63, 3.8) is 0 Å². The highest BCUT2D eigenvalue weighted by Crippen LogP contribution is 2.36. The molecule has 0 spiro atoms. The lowest BCUT2D eigenvalue weighted by atomic mass is 10.1. The van der Waals surface area contributed by atoms with Gasteiger partial charge < -0.3 is 20.8 Å². The maximum atomic E-state index is 12.3. The number of ether oxygens (including phenoxy) is 1. The van der Waals surface area contributed by atoms with Crippen molar-refractivity contribution >= 4 is 44.5 Å². The fraction of sp³-hybridized carbons (Fsp3) is 0.368. The van der Waals surface area contributed by atoms with Crippen LogP contribution in [0.3, 0.4) is 0 Å². The molecule has 1 aromatic carbocycles. The van der Waals surface area contributed by atoms with E-state index in [4.69, 9.17) is 16.2 Å². The number of nitrogens with zero attached hydrogens (tertiary/aromatic N) is 4. The van der Waals surface area contributed by atoms with Crippen LogP contribution in [0.4, 0.5) is 11.9 Å². The van der Waals surface area contributed by atoms with Gasteiger partial charge in [0.15, 0.2) is 11.6 Å². The van der Waals surface area contributed by atoms with Crippen molar-refractivity contribution in [2.45, 2.75) is 46.8 Å². The number of rotatable bonds is 7. The quantitative estimate of drug-likeness (QED) is 0.530. The molecule has 0 aliphatic rings. The van der Waals surface area contributed by atoms with Crippen molar-refractivity contribution in [1.29, 1.82) is 0 Å². The number of halogens is 1. The normalized spacial score (nSPS) is 11.1. The number of aromatic nitrogens is 4. The molecule has 0 atom stereocenters. The number of Topliss-reactive ketones (excluding diaryl/α,β-unsaturated/α-hetero) is 1. The summed E-state index contributed by atoms with van der Waals surface area (Å²) in [6.45, 7) is 6.66. The molecule has 148 valence electrons. The van der Waals surface area contributed by atoms with Gasteiger partial charge in [0.2, 0.25) is 11.9 Å². The zero-order valence-corrected chi connectivity index (χ0v) is 17.7. The number of carbonyl (C=O) groups excluding carboxylic acids is 1. The van der Waals surface area contributed by atoms with Gasteiger partial charge in [0.1, 0.15) is 12.4 Å². The Bertz CT molecular complexity index is 1030. The number of hydrogen-bond acceptors (Lipinski definition) is 7. The summed E-state index contributed by atoms with van der Waals surface area (Å²) in [4.78, 5) is 24.1. The summed E-state index contributed by atoms with van der Waals surface area (Å²) in [7, 11) is 0. The average molecular weight is 447 g/mol. The number of ketones is 1. The lowest BCUT2D eigenvalue weighted by Crippen LogP contribution is -2.09. The summed E-state index contributed by atoms with van der Waals surface area (Å²) < 4.78 is 8.84. The van der Waals surface area contributed by atoms with Gasteiger partial charge in [-0.2, -0.15) is 15.0 Å². The average Bonchev–Trinajstić information content (AvgIpc) is 2.87. The van der Waals surface area contributed by atoms with Gasteiger partial charge in [-0.1, -0.05) is 13.3 Å². The minimum Gasteiger partial charge on any atom is -0.484 e.